The summed E-state index contributed by atoms with van der Waals surface area (Å²) in [6, 6.07) is 5.43. The Labute approximate surface area is 162 Å². The number of benzene rings is 1. The van der Waals surface area contributed by atoms with E-state index in [4.69, 9.17) is 4.74 Å². The number of ether oxygens (including phenoxy) is 1. The molecule has 1 aromatic carbocycles. The lowest BCUT2D eigenvalue weighted by Crippen LogP contribution is -2.13. The first-order valence-electron chi connectivity index (χ1n) is 8.56. The Morgan fingerprint density at radius 3 is 2.66 bits per heavy atom. The number of esters is 1. The van der Waals surface area contributed by atoms with Crippen molar-refractivity contribution in [2.75, 3.05) is 6.61 Å². The predicted octanol–water partition coefficient (Wildman–Crippen LogP) is 3.58. The summed E-state index contributed by atoms with van der Waals surface area (Å²) in [5.41, 5.74) is -1.35. The van der Waals surface area contributed by atoms with Crippen LogP contribution < -0.4 is 0 Å². The highest BCUT2D eigenvalue weighted by Crippen LogP contribution is 2.27. The molecular weight excluding hydrogens is 394 g/mol. The molecule has 3 rings (SSSR count). The SMILES string of the molecule is CCOC(=O)Cn1cc2cc(CC(=O)c3cccc(C(F)(F)F)n3)c(F)cc2n1. The van der Waals surface area contributed by atoms with E-state index in [9.17, 15) is 27.2 Å². The molecule has 29 heavy (non-hydrogen) atoms. The summed E-state index contributed by atoms with van der Waals surface area (Å²) in [4.78, 5) is 27.2. The van der Waals surface area contributed by atoms with Gasteiger partial charge in [-0.05, 0) is 30.7 Å². The second kappa shape index (κ2) is 7.98. The van der Waals surface area contributed by atoms with Crippen LogP contribution in [0.3, 0.4) is 0 Å². The average molecular weight is 409 g/mol. The number of carbonyl (C=O) groups is 2. The topological polar surface area (TPSA) is 74.1 Å². The van der Waals surface area contributed by atoms with E-state index >= 15 is 0 Å². The van der Waals surface area contributed by atoms with Crippen molar-refractivity contribution in [3.63, 3.8) is 0 Å². The van der Waals surface area contributed by atoms with E-state index in [1.54, 1.807) is 6.92 Å². The lowest BCUT2D eigenvalue weighted by Gasteiger charge is -2.07. The minimum Gasteiger partial charge on any atom is -0.465 e. The van der Waals surface area contributed by atoms with Gasteiger partial charge >= 0.3 is 12.1 Å². The largest absolute Gasteiger partial charge is 0.465 e. The smallest absolute Gasteiger partial charge is 0.433 e. The van der Waals surface area contributed by atoms with Crippen molar-refractivity contribution in [3.05, 3.63) is 59.3 Å². The van der Waals surface area contributed by atoms with Gasteiger partial charge < -0.3 is 4.74 Å². The maximum absolute atomic E-state index is 14.4. The summed E-state index contributed by atoms with van der Waals surface area (Å²) in [6.45, 7) is 1.71. The lowest BCUT2D eigenvalue weighted by molar-refractivity contribution is -0.144. The molecule has 152 valence electrons. The minimum absolute atomic E-state index is 0.0163. The predicted molar refractivity (Wildman–Crippen MR) is 93.6 cm³/mol. The Kier molecular flexibility index (Phi) is 5.62. The van der Waals surface area contributed by atoms with E-state index in [1.165, 1.54) is 16.9 Å². The van der Waals surface area contributed by atoms with Gasteiger partial charge in [-0.3, -0.25) is 14.3 Å². The van der Waals surface area contributed by atoms with Gasteiger partial charge in [0.05, 0.1) is 12.1 Å². The van der Waals surface area contributed by atoms with Crippen molar-refractivity contribution in [1.82, 2.24) is 14.8 Å². The third-order valence-corrected chi connectivity index (χ3v) is 3.99. The number of halogens is 4. The molecule has 0 spiro atoms. The first kappa shape index (κ1) is 20.4. The number of alkyl halides is 3. The molecular formula is C19H15F4N3O3. The highest BCUT2D eigenvalue weighted by Gasteiger charge is 2.33. The van der Waals surface area contributed by atoms with Crippen LogP contribution in [0.5, 0.6) is 0 Å². The number of hydrogen-bond acceptors (Lipinski definition) is 5. The quantitative estimate of drug-likeness (QED) is 0.354. The van der Waals surface area contributed by atoms with Gasteiger partial charge in [-0.25, -0.2) is 9.37 Å². The van der Waals surface area contributed by atoms with E-state index in [1.807, 2.05) is 0 Å². The molecule has 0 amide bonds. The number of pyridine rings is 1. The Morgan fingerprint density at radius 1 is 1.21 bits per heavy atom. The monoisotopic (exact) mass is 409 g/mol. The number of nitrogens with zero attached hydrogens (tertiary/aromatic N) is 3. The van der Waals surface area contributed by atoms with Crippen LogP contribution in [0, 0.1) is 5.82 Å². The maximum atomic E-state index is 14.4. The molecule has 2 heterocycles. The van der Waals surface area contributed by atoms with E-state index in [-0.39, 0.29) is 24.2 Å². The zero-order valence-electron chi connectivity index (χ0n) is 15.2. The fraction of sp³-hybridized carbons (Fsp3) is 0.263. The minimum atomic E-state index is -4.69. The number of Topliss-reactive ketones (excluding diaryl/α,β-unsaturated/α-hetero) is 1. The molecule has 3 aromatic rings. The normalized spacial score (nSPS) is 11.6. The maximum Gasteiger partial charge on any atom is 0.433 e. The number of hydrogen-bond donors (Lipinski definition) is 0. The highest BCUT2D eigenvalue weighted by molar-refractivity contribution is 5.96. The third kappa shape index (κ3) is 4.76. The zero-order chi connectivity index (χ0) is 21.2. The molecule has 2 aromatic heterocycles. The van der Waals surface area contributed by atoms with Gasteiger partial charge in [-0.1, -0.05) is 6.07 Å². The lowest BCUT2D eigenvalue weighted by atomic mass is 10.0. The number of rotatable bonds is 6. The highest BCUT2D eigenvalue weighted by atomic mass is 19.4. The van der Waals surface area contributed by atoms with Crippen molar-refractivity contribution in [2.24, 2.45) is 0 Å². The molecule has 0 aliphatic heterocycles. The summed E-state index contributed by atoms with van der Waals surface area (Å²) in [5, 5.41) is 4.53. The molecule has 0 unspecified atom stereocenters. The number of ketones is 1. The summed E-state index contributed by atoms with van der Waals surface area (Å²) in [5.74, 6) is -2.00. The molecule has 0 fully saturated rings. The number of aromatic nitrogens is 3. The molecule has 6 nitrogen and oxygen atoms in total. The van der Waals surface area contributed by atoms with Crippen LogP contribution in [-0.4, -0.2) is 33.1 Å². The first-order chi connectivity index (χ1) is 13.7. The molecule has 0 radical (unpaired) electrons. The summed E-state index contributed by atoms with van der Waals surface area (Å²) < 4.78 is 58.7. The van der Waals surface area contributed by atoms with E-state index in [2.05, 4.69) is 10.1 Å². The molecule has 0 saturated carbocycles. The molecule has 0 aliphatic rings. The first-order valence-corrected chi connectivity index (χ1v) is 8.56. The summed E-state index contributed by atoms with van der Waals surface area (Å²) in [6.07, 6.45) is -3.67. The van der Waals surface area contributed by atoms with Gasteiger partial charge in [0, 0.05) is 24.1 Å². The molecule has 0 atom stereocenters. The third-order valence-electron chi connectivity index (χ3n) is 3.99. The Hall–Kier alpha value is -3.30. The standard InChI is InChI=1S/C19H15F4N3O3/c1-2-29-18(28)10-26-9-12-6-11(13(20)8-15(12)25-26)7-16(27)14-4-3-5-17(24-14)19(21,22)23/h3-6,8-9H,2,7,10H2,1H3. The number of fused-ring (bicyclic) bond motifs is 1. The van der Waals surface area contributed by atoms with Crippen molar-refractivity contribution in [2.45, 2.75) is 26.1 Å². The molecule has 0 N–H and O–H groups in total. The second-order valence-corrected chi connectivity index (χ2v) is 6.14. The van der Waals surface area contributed by atoms with Crippen molar-refractivity contribution in [1.29, 1.82) is 0 Å². The van der Waals surface area contributed by atoms with Crippen molar-refractivity contribution >= 4 is 22.7 Å². The van der Waals surface area contributed by atoms with Crippen LogP contribution in [-0.2, 0) is 28.7 Å². The summed E-state index contributed by atoms with van der Waals surface area (Å²) >= 11 is 0. The molecule has 0 saturated heterocycles. The van der Waals surface area contributed by atoms with E-state index in [0.717, 1.165) is 24.3 Å². The fourth-order valence-electron chi connectivity index (χ4n) is 2.71. The van der Waals surface area contributed by atoms with Crippen LogP contribution in [0.4, 0.5) is 17.6 Å². The second-order valence-electron chi connectivity index (χ2n) is 6.14. The van der Waals surface area contributed by atoms with Gasteiger partial charge in [-0.2, -0.15) is 18.3 Å². The number of carbonyl (C=O) groups excluding carboxylic acids is 2. The van der Waals surface area contributed by atoms with E-state index in [0.29, 0.717) is 5.39 Å². The summed E-state index contributed by atoms with van der Waals surface area (Å²) in [7, 11) is 0. The molecule has 0 bridgehead atoms. The Balaban J connectivity index is 1.83. The van der Waals surface area contributed by atoms with Crippen LogP contribution in [0.2, 0.25) is 0 Å². The van der Waals surface area contributed by atoms with Crippen LogP contribution >= 0.6 is 0 Å². The van der Waals surface area contributed by atoms with E-state index < -0.39 is 41.6 Å². The fourth-order valence-corrected chi connectivity index (χ4v) is 2.71. The van der Waals surface area contributed by atoms with Gasteiger partial charge in [0.15, 0.2) is 5.78 Å². The van der Waals surface area contributed by atoms with Gasteiger partial charge in [-0.15, -0.1) is 0 Å². The van der Waals surface area contributed by atoms with Crippen LogP contribution in [0.15, 0.2) is 36.5 Å². The Bertz CT molecular complexity index is 1080. The van der Waals surface area contributed by atoms with Crippen molar-refractivity contribution < 1.29 is 31.9 Å². The zero-order valence-corrected chi connectivity index (χ0v) is 15.2. The average Bonchev–Trinajstić information content (AvgIpc) is 3.02. The van der Waals surface area contributed by atoms with Crippen LogP contribution in [0.25, 0.3) is 10.9 Å². The Morgan fingerprint density at radius 2 is 1.97 bits per heavy atom. The molecule has 10 heteroatoms. The van der Waals surface area contributed by atoms with Gasteiger partial charge in [0.25, 0.3) is 0 Å². The van der Waals surface area contributed by atoms with Crippen LogP contribution in [0.1, 0.15) is 28.7 Å². The van der Waals surface area contributed by atoms with Crippen molar-refractivity contribution in [3.8, 4) is 0 Å². The van der Waals surface area contributed by atoms with Gasteiger partial charge in [0.1, 0.15) is 23.7 Å². The molecule has 0 aliphatic carbocycles. The van der Waals surface area contributed by atoms with Gasteiger partial charge in [0.2, 0.25) is 0 Å².